The van der Waals surface area contributed by atoms with Crippen LogP contribution in [0.5, 0.6) is 0 Å². The molecular weight excluding hydrogens is 737 g/mol. The SMILES string of the molecule is CCCCCCCCCCCCCCCCCCOC(=O)C(CCCCCCCCCCCCCCCCC)C(=O)OCCCCCCCCCCCCCCCCCC. The average Bonchev–Trinajstić information content (AvgIpc) is 3.25. The summed E-state index contributed by atoms with van der Waals surface area (Å²) in [5, 5.41) is 0. The summed E-state index contributed by atoms with van der Waals surface area (Å²) in [7, 11) is 0. The monoisotopic (exact) mass is 847 g/mol. The molecule has 4 heteroatoms. The fraction of sp³-hybridized carbons (Fsp3) is 0.964. The summed E-state index contributed by atoms with van der Waals surface area (Å²) in [6.45, 7) is 7.73. The first-order valence-electron chi connectivity index (χ1n) is 28.0. The van der Waals surface area contributed by atoms with Gasteiger partial charge in [-0.15, -0.1) is 0 Å². The fourth-order valence-corrected chi connectivity index (χ4v) is 8.90. The van der Waals surface area contributed by atoms with Gasteiger partial charge in [-0.1, -0.05) is 310 Å². The molecule has 0 aromatic rings. The number of carbonyl (C=O) groups is 2. The molecule has 0 aromatic heterocycles. The number of esters is 2. The third-order valence-electron chi connectivity index (χ3n) is 13.1. The molecule has 0 aromatic carbocycles. The van der Waals surface area contributed by atoms with Crippen molar-refractivity contribution in [3.8, 4) is 0 Å². The minimum absolute atomic E-state index is 0.349. The van der Waals surface area contributed by atoms with E-state index in [2.05, 4.69) is 20.8 Å². The quantitative estimate of drug-likeness (QED) is 0.0348. The van der Waals surface area contributed by atoms with Crippen molar-refractivity contribution in [2.75, 3.05) is 13.2 Å². The summed E-state index contributed by atoms with van der Waals surface area (Å²) in [5.74, 6) is -1.45. The summed E-state index contributed by atoms with van der Waals surface area (Å²) in [6, 6.07) is 0. The Morgan fingerprint density at radius 3 is 0.617 bits per heavy atom. The zero-order valence-corrected chi connectivity index (χ0v) is 41.6. The molecule has 358 valence electrons. The van der Waals surface area contributed by atoms with Crippen LogP contribution in [0.15, 0.2) is 0 Å². The second kappa shape index (κ2) is 52.3. The number of carbonyl (C=O) groups excluding carboxylic acids is 2. The summed E-state index contributed by atoms with van der Waals surface area (Å²) in [5.41, 5.74) is 0. The lowest BCUT2D eigenvalue weighted by Gasteiger charge is -2.15. The highest BCUT2D eigenvalue weighted by atomic mass is 16.6. The molecule has 60 heavy (non-hydrogen) atoms. The van der Waals surface area contributed by atoms with E-state index < -0.39 is 5.92 Å². The highest BCUT2D eigenvalue weighted by Gasteiger charge is 2.29. The second-order valence-electron chi connectivity index (χ2n) is 19.2. The molecule has 0 aliphatic carbocycles. The largest absolute Gasteiger partial charge is 0.465 e. The van der Waals surface area contributed by atoms with Crippen molar-refractivity contribution in [3.63, 3.8) is 0 Å². The van der Waals surface area contributed by atoms with Crippen LogP contribution in [0.25, 0.3) is 0 Å². The summed E-state index contributed by atoms with van der Waals surface area (Å²) in [4.78, 5) is 26.4. The fourth-order valence-electron chi connectivity index (χ4n) is 8.90. The van der Waals surface area contributed by atoms with Crippen LogP contribution in [0.3, 0.4) is 0 Å². The number of unbranched alkanes of at least 4 members (excludes halogenated alkanes) is 44. The third-order valence-corrected chi connectivity index (χ3v) is 13.1. The average molecular weight is 847 g/mol. The summed E-state index contributed by atoms with van der Waals surface area (Å²) in [6.07, 6.45) is 62.6. The normalized spacial score (nSPS) is 11.5. The molecule has 0 atom stereocenters. The maximum atomic E-state index is 13.2. The van der Waals surface area contributed by atoms with E-state index in [-0.39, 0.29) is 11.9 Å². The van der Waals surface area contributed by atoms with Crippen LogP contribution >= 0.6 is 0 Å². The first-order chi connectivity index (χ1) is 29.7. The van der Waals surface area contributed by atoms with Gasteiger partial charge in [0, 0.05) is 0 Å². The lowest BCUT2D eigenvalue weighted by atomic mass is 9.99. The predicted octanol–water partition coefficient (Wildman–Crippen LogP) is 19.5. The van der Waals surface area contributed by atoms with Gasteiger partial charge < -0.3 is 9.47 Å². The molecule has 0 fully saturated rings. The second-order valence-corrected chi connectivity index (χ2v) is 19.2. The molecule has 0 rings (SSSR count). The van der Waals surface area contributed by atoms with E-state index in [1.54, 1.807) is 0 Å². The molecule has 0 aliphatic heterocycles. The molecule has 0 bridgehead atoms. The van der Waals surface area contributed by atoms with Crippen LogP contribution in [0.4, 0.5) is 0 Å². The Kier molecular flexibility index (Phi) is 51.4. The van der Waals surface area contributed by atoms with Gasteiger partial charge in [-0.05, 0) is 19.3 Å². The standard InChI is InChI=1S/C56H110O4/c1-4-7-10-13-16-19-22-25-28-31-34-37-40-43-46-49-52-59-55(57)54(51-48-45-42-39-36-33-30-27-24-21-18-15-12-9-6-3)56(58)60-53-50-47-44-41-38-35-32-29-26-23-20-17-14-11-8-5-2/h54H,4-53H2,1-3H3. The Morgan fingerprint density at radius 1 is 0.250 bits per heavy atom. The Balaban J connectivity index is 4.19. The van der Waals surface area contributed by atoms with Crippen LogP contribution in [-0.2, 0) is 19.1 Å². The van der Waals surface area contributed by atoms with E-state index in [4.69, 9.17) is 9.47 Å². The van der Waals surface area contributed by atoms with Gasteiger partial charge >= 0.3 is 11.9 Å². The Bertz CT molecular complexity index is 776. The molecule has 0 N–H and O–H groups in total. The number of hydrogen-bond acceptors (Lipinski definition) is 4. The van der Waals surface area contributed by atoms with Gasteiger partial charge in [-0.2, -0.15) is 0 Å². The van der Waals surface area contributed by atoms with Gasteiger partial charge in [-0.3, -0.25) is 9.59 Å². The third kappa shape index (κ3) is 46.4. The van der Waals surface area contributed by atoms with Crippen molar-refractivity contribution in [1.29, 1.82) is 0 Å². The Labute approximate surface area is 377 Å². The maximum absolute atomic E-state index is 13.2. The molecule has 0 radical (unpaired) electrons. The lowest BCUT2D eigenvalue weighted by Crippen LogP contribution is -2.28. The maximum Gasteiger partial charge on any atom is 0.320 e. The van der Waals surface area contributed by atoms with Crippen LogP contribution in [0.1, 0.15) is 329 Å². The smallest absolute Gasteiger partial charge is 0.320 e. The van der Waals surface area contributed by atoms with Crippen molar-refractivity contribution in [3.05, 3.63) is 0 Å². The molecule has 0 spiro atoms. The predicted molar refractivity (Wildman–Crippen MR) is 264 cm³/mol. The highest BCUT2D eigenvalue weighted by Crippen LogP contribution is 2.20. The van der Waals surface area contributed by atoms with Gasteiger partial charge in [0.25, 0.3) is 0 Å². The Morgan fingerprint density at radius 2 is 0.417 bits per heavy atom. The number of rotatable bonds is 52. The van der Waals surface area contributed by atoms with Gasteiger partial charge in [0.05, 0.1) is 13.2 Å². The van der Waals surface area contributed by atoms with Crippen molar-refractivity contribution >= 4 is 11.9 Å². The van der Waals surface area contributed by atoms with E-state index in [1.807, 2.05) is 0 Å². The van der Waals surface area contributed by atoms with Gasteiger partial charge in [-0.25, -0.2) is 0 Å². The molecular formula is C56H110O4. The summed E-state index contributed by atoms with van der Waals surface area (Å²) < 4.78 is 11.4. The van der Waals surface area contributed by atoms with E-state index in [0.717, 1.165) is 38.5 Å². The Hall–Kier alpha value is -1.06. The minimum atomic E-state index is -0.755. The van der Waals surface area contributed by atoms with Gasteiger partial charge in [0.15, 0.2) is 5.92 Å². The molecule has 0 saturated heterocycles. The molecule has 0 unspecified atom stereocenters. The zero-order chi connectivity index (χ0) is 43.5. The highest BCUT2D eigenvalue weighted by molar-refractivity contribution is 5.94. The van der Waals surface area contributed by atoms with Gasteiger partial charge in [0.1, 0.15) is 0 Å². The van der Waals surface area contributed by atoms with E-state index in [0.29, 0.717) is 19.6 Å². The number of ether oxygens (including phenoxy) is 2. The molecule has 0 aliphatic rings. The van der Waals surface area contributed by atoms with Crippen LogP contribution in [0.2, 0.25) is 0 Å². The zero-order valence-electron chi connectivity index (χ0n) is 41.6. The molecule has 0 saturated carbocycles. The molecule has 0 amide bonds. The van der Waals surface area contributed by atoms with Crippen molar-refractivity contribution in [2.24, 2.45) is 5.92 Å². The molecule has 4 nitrogen and oxygen atoms in total. The van der Waals surface area contributed by atoms with Crippen LogP contribution in [0, 0.1) is 5.92 Å². The van der Waals surface area contributed by atoms with E-state index in [1.165, 1.54) is 263 Å². The molecule has 0 heterocycles. The lowest BCUT2D eigenvalue weighted by molar-refractivity contribution is -0.162. The van der Waals surface area contributed by atoms with Crippen molar-refractivity contribution in [2.45, 2.75) is 329 Å². The van der Waals surface area contributed by atoms with Crippen molar-refractivity contribution < 1.29 is 19.1 Å². The van der Waals surface area contributed by atoms with Crippen LogP contribution in [-0.4, -0.2) is 25.2 Å². The van der Waals surface area contributed by atoms with E-state index in [9.17, 15) is 9.59 Å². The van der Waals surface area contributed by atoms with E-state index >= 15 is 0 Å². The van der Waals surface area contributed by atoms with Crippen molar-refractivity contribution in [1.82, 2.24) is 0 Å². The minimum Gasteiger partial charge on any atom is -0.465 e. The summed E-state index contributed by atoms with van der Waals surface area (Å²) >= 11 is 0. The topological polar surface area (TPSA) is 52.6 Å². The first-order valence-corrected chi connectivity index (χ1v) is 28.0. The number of hydrogen-bond donors (Lipinski definition) is 0. The van der Waals surface area contributed by atoms with Crippen LogP contribution < -0.4 is 0 Å². The van der Waals surface area contributed by atoms with Gasteiger partial charge in [0.2, 0.25) is 0 Å². The first kappa shape index (κ1) is 58.9.